The van der Waals surface area contributed by atoms with Crippen LogP contribution < -0.4 is 15.4 Å². The Morgan fingerprint density at radius 2 is 2.30 bits per heavy atom. The first-order valence-electron chi connectivity index (χ1n) is 7.39. The molecule has 1 amide bonds. The predicted molar refractivity (Wildman–Crippen MR) is 79.9 cm³/mol. The number of methoxy groups -OCH3 is 1. The zero-order chi connectivity index (χ0) is 14.2. The third-order valence-corrected chi connectivity index (χ3v) is 3.82. The van der Waals surface area contributed by atoms with Gasteiger partial charge in [0, 0.05) is 12.1 Å². The maximum Gasteiger partial charge on any atom is 0.224 e. The van der Waals surface area contributed by atoms with Gasteiger partial charge in [0.2, 0.25) is 5.91 Å². The largest absolute Gasteiger partial charge is 0.496 e. The molecule has 0 aliphatic carbocycles. The number of amides is 1. The second kappa shape index (κ2) is 7.90. The summed E-state index contributed by atoms with van der Waals surface area (Å²) in [6, 6.07) is 7.66. The third-order valence-electron chi connectivity index (χ3n) is 3.82. The maximum atomic E-state index is 11.9. The normalized spacial score (nSPS) is 18.6. The molecule has 110 valence electrons. The summed E-state index contributed by atoms with van der Waals surface area (Å²) in [6.45, 7) is 2.99. The number of piperidine rings is 1. The number of ether oxygens (including phenoxy) is 1. The predicted octanol–water partition coefficient (Wildman–Crippen LogP) is 1.74. The van der Waals surface area contributed by atoms with Gasteiger partial charge in [0.1, 0.15) is 5.75 Å². The molecule has 2 rings (SSSR count). The van der Waals surface area contributed by atoms with Gasteiger partial charge in [-0.1, -0.05) is 18.2 Å². The Kier molecular flexibility index (Phi) is 5.87. The van der Waals surface area contributed by atoms with Crippen LogP contribution in [0.3, 0.4) is 0 Å². The van der Waals surface area contributed by atoms with Crippen molar-refractivity contribution in [3.8, 4) is 5.75 Å². The molecular formula is C16H24N2O2. The molecule has 1 unspecified atom stereocenters. The molecule has 1 heterocycles. The lowest BCUT2D eigenvalue weighted by Gasteiger charge is -2.22. The second-order valence-corrected chi connectivity index (χ2v) is 5.34. The SMILES string of the molecule is COc1ccccc1CC(=O)NCCC1CCCNC1. The van der Waals surface area contributed by atoms with Crippen molar-refractivity contribution in [2.45, 2.75) is 25.7 Å². The Morgan fingerprint density at radius 1 is 1.45 bits per heavy atom. The summed E-state index contributed by atoms with van der Waals surface area (Å²) in [5, 5.41) is 6.41. The van der Waals surface area contributed by atoms with E-state index in [2.05, 4.69) is 10.6 Å². The summed E-state index contributed by atoms with van der Waals surface area (Å²) >= 11 is 0. The summed E-state index contributed by atoms with van der Waals surface area (Å²) in [5.41, 5.74) is 0.937. The molecule has 0 saturated carbocycles. The molecular weight excluding hydrogens is 252 g/mol. The average molecular weight is 276 g/mol. The van der Waals surface area contributed by atoms with Crippen LogP contribution in [0.25, 0.3) is 0 Å². The standard InChI is InChI=1S/C16H24N2O2/c1-20-15-7-3-2-6-14(15)11-16(19)18-10-8-13-5-4-9-17-12-13/h2-3,6-7,13,17H,4-5,8-12H2,1H3,(H,18,19). The number of rotatable bonds is 6. The van der Waals surface area contributed by atoms with Crippen LogP contribution in [0, 0.1) is 5.92 Å². The third kappa shape index (κ3) is 4.53. The number of carbonyl (C=O) groups is 1. The van der Waals surface area contributed by atoms with Gasteiger partial charge in [-0.25, -0.2) is 0 Å². The highest BCUT2D eigenvalue weighted by molar-refractivity contribution is 5.79. The topological polar surface area (TPSA) is 50.4 Å². The molecule has 1 aromatic carbocycles. The molecule has 2 N–H and O–H groups in total. The fourth-order valence-electron chi connectivity index (χ4n) is 2.67. The van der Waals surface area contributed by atoms with Crippen LogP contribution >= 0.6 is 0 Å². The average Bonchev–Trinajstić information content (AvgIpc) is 2.49. The van der Waals surface area contributed by atoms with Crippen molar-refractivity contribution < 1.29 is 9.53 Å². The maximum absolute atomic E-state index is 11.9. The first-order valence-corrected chi connectivity index (χ1v) is 7.39. The van der Waals surface area contributed by atoms with Gasteiger partial charge < -0.3 is 15.4 Å². The minimum absolute atomic E-state index is 0.0678. The van der Waals surface area contributed by atoms with Gasteiger partial charge in [-0.05, 0) is 44.3 Å². The molecule has 1 atom stereocenters. The highest BCUT2D eigenvalue weighted by Gasteiger charge is 2.13. The van der Waals surface area contributed by atoms with E-state index in [1.165, 1.54) is 12.8 Å². The van der Waals surface area contributed by atoms with E-state index < -0.39 is 0 Å². The summed E-state index contributed by atoms with van der Waals surface area (Å²) in [4.78, 5) is 11.9. The molecule has 1 aromatic rings. The van der Waals surface area contributed by atoms with E-state index in [0.717, 1.165) is 37.4 Å². The van der Waals surface area contributed by atoms with Crippen LogP contribution in [0.4, 0.5) is 0 Å². The first kappa shape index (κ1) is 14.9. The Labute approximate surface area is 120 Å². The minimum Gasteiger partial charge on any atom is -0.496 e. The van der Waals surface area contributed by atoms with E-state index in [9.17, 15) is 4.79 Å². The number of benzene rings is 1. The van der Waals surface area contributed by atoms with Gasteiger partial charge in [0.05, 0.1) is 13.5 Å². The van der Waals surface area contributed by atoms with E-state index in [4.69, 9.17) is 4.74 Å². The lowest BCUT2D eigenvalue weighted by atomic mass is 9.96. The zero-order valence-electron chi connectivity index (χ0n) is 12.2. The highest BCUT2D eigenvalue weighted by Crippen LogP contribution is 2.17. The molecule has 0 radical (unpaired) electrons. The Hall–Kier alpha value is -1.55. The molecule has 4 heteroatoms. The molecule has 0 bridgehead atoms. The molecule has 20 heavy (non-hydrogen) atoms. The van der Waals surface area contributed by atoms with E-state index in [-0.39, 0.29) is 5.91 Å². The number of carbonyl (C=O) groups excluding carboxylic acids is 1. The van der Waals surface area contributed by atoms with Crippen molar-refractivity contribution in [3.05, 3.63) is 29.8 Å². The van der Waals surface area contributed by atoms with Crippen molar-refractivity contribution in [3.63, 3.8) is 0 Å². The van der Waals surface area contributed by atoms with E-state index in [1.807, 2.05) is 24.3 Å². The minimum atomic E-state index is 0.0678. The van der Waals surface area contributed by atoms with E-state index >= 15 is 0 Å². The lowest BCUT2D eigenvalue weighted by Crippen LogP contribution is -2.33. The van der Waals surface area contributed by atoms with Crippen molar-refractivity contribution in [2.24, 2.45) is 5.92 Å². The van der Waals surface area contributed by atoms with Crippen molar-refractivity contribution >= 4 is 5.91 Å². The fourth-order valence-corrected chi connectivity index (χ4v) is 2.67. The zero-order valence-corrected chi connectivity index (χ0v) is 12.2. The van der Waals surface area contributed by atoms with Crippen LogP contribution in [0.2, 0.25) is 0 Å². The number of para-hydroxylation sites is 1. The molecule has 0 spiro atoms. The first-order chi connectivity index (χ1) is 9.79. The Balaban J connectivity index is 1.72. The second-order valence-electron chi connectivity index (χ2n) is 5.34. The number of hydrogen-bond acceptors (Lipinski definition) is 3. The molecule has 0 aromatic heterocycles. The van der Waals surface area contributed by atoms with Gasteiger partial charge in [0.25, 0.3) is 0 Å². The van der Waals surface area contributed by atoms with Gasteiger partial charge in [-0.15, -0.1) is 0 Å². The van der Waals surface area contributed by atoms with Crippen LogP contribution in [-0.2, 0) is 11.2 Å². The molecule has 1 aliphatic heterocycles. The lowest BCUT2D eigenvalue weighted by molar-refractivity contribution is -0.120. The summed E-state index contributed by atoms with van der Waals surface area (Å²) in [7, 11) is 1.63. The summed E-state index contributed by atoms with van der Waals surface area (Å²) < 4.78 is 5.26. The smallest absolute Gasteiger partial charge is 0.224 e. The van der Waals surface area contributed by atoms with Crippen LogP contribution in [0.1, 0.15) is 24.8 Å². The molecule has 1 saturated heterocycles. The number of hydrogen-bond donors (Lipinski definition) is 2. The van der Waals surface area contributed by atoms with Gasteiger partial charge in [-0.2, -0.15) is 0 Å². The van der Waals surface area contributed by atoms with E-state index in [0.29, 0.717) is 12.3 Å². The van der Waals surface area contributed by atoms with Gasteiger partial charge in [-0.3, -0.25) is 4.79 Å². The van der Waals surface area contributed by atoms with Crippen LogP contribution in [0.5, 0.6) is 5.75 Å². The fraction of sp³-hybridized carbons (Fsp3) is 0.562. The van der Waals surface area contributed by atoms with E-state index in [1.54, 1.807) is 7.11 Å². The van der Waals surface area contributed by atoms with Crippen molar-refractivity contribution in [1.29, 1.82) is 0 Å². The summed E-state index contributed by atoms with van der Waals surface area (Å²) in [6.07, 6.45) is 3.97. The van der Waals surface area contributed by atoms with Gasteiger partial charge in [0.15, 0.2) is 0 Å². The molecule has 1 aliphatic rings. The van der Waals surface area contributed by atoms with Crippen LogP contribution in [0.15, 0.2) is 24.3 Å². The van der Waals surface area contributed by atoms with Crippen molar-refractivity contribution in [2.75, 3.05) is 26.7 Å². The monoisotopic (exact) mass is 276 g/mol. The molecule has 4 nitrogen and oxygen atoms in total. The van der Waals surface area contributed by atoms with Gasteiger partial charge >= 0.3 is 0 Å². The number of nitrogens with one attached hydrogen (secondary N) is 2. The highest BCUT2D eigenvalue weighted by atomic mass is 16.5. The van der Waals surface area contributed by atoms with Crippen molar-refractivity contribution in [1.82, 2.24) is 10.6 Å². The Morgan fingerprint density at radius 3 is 3.05 bits per heavy atom. The van der Waals surface area contributed by atoms with Crippen LogP contribution in [-0.4, -0.2) is 32.7 Å². The molecule has 1 fully saturated rings. The summed E-state index contributed by atoms with van der Waals surface area (Å²) in [5.74, 6) is 1.55. The quantitative estimate of drug-likeness (QED) is 0.832. The Bertz CT molecular complexity index is 428.